The minimum atomic E-state index is -0.411. The molecular formula is C13H10N4O3. The first-order valence-corrected chi connectivity index (χ1v) is 5.91. The van der Waals surface area contributed by atoms with Gasteiger partial charge in [0.1, 0.15) is 17.5 Å². The number of benzene rings is 1. The molecule has 0 aliphatic carbocycles. The Hall–Kier alpha value is -2.96. The lowest BCUT2D eigenvalue weighted by Crippen LogP contribution is -2.01. The first-order chi connectivity index (χ1) is 9.75. The largest absolute Gasteiger partial charge is 0.377 e. The highest BCUT2D eigenvalue weighted by atomic mass is 16.6. The molecule has 7 nitrogen and oxygen atoms in total. The van der Waals surface area contributed by atoms with E-state index >= 15 is 0 Å². The number of aromatic nitrogens is 2. The van der Waals surface area contributed by atoms with Gasteiger partial charge in [0.05, 0.1) is 22.5 Å². The van der Waals surface area contributed by atoms with Gasteiger partial charge >= 0.3 is 0 Å². The number of non-ortho nitro benzene ring substituents is 1. The molecule has 3 aromatic rings. The zero-order valence-electron chi connectivity index (χ0n) is 10.3. The molecular weight excluding hydrogens is 260 g/mol. The van der Waals surface area contributed by atoms with E-state index in [-0.39, 0.29) is 5.69 Å². The van der Waals surface area contributed by atoms with Gasteiger partial charge in [-0.1, -0.05) is 5.16 Å². The van der Waals surface area contributed by atoms with Crippen LogP contribution >= 0.6 is 0 Å². The molecule has 0 saturated carbocycles. The number of anilines is 1. The fraction of sp³-hybridized carbons (Fsp3) is 0.0769. The Bertz CT molecular complexity index is 755. The van der Waals surface area contributed by atoms with Crippen molar-refractivity contribution in [3.63, 3.8) is 0 Å². The topological polar surface area (TPSA) is 94.1 Å². The SMILES string of the molecule is O=[N+]([O-])c1ccc(NCc2ccon2)c2ncccc12. The third-order valence-corrected chi connectivity index (χ3v) is 2.89. The van der Waals surface area contributed by atoms with Gasteiger partial charge in [0.15, 0.2) is 0 Å². The van der Waals surface area contributed by atoms with Crippen LogP contribution < -0.4 is 5.32 Å². The van der Waals surface area contributed by atoms with Gasteiger partial charge in [-0.25, -0.2) is 0 Å². The van der Waals surface area contributed by atoms with E-state index in [0.29, 0.717) is 23.1 Å². The maximum Gasteiger partial charge on any atom is 0.278 e. The molecule has 2 aromatic heterocycles. The highest BCUT2D eigenvalue weighted by molar-refractivity contribution is 5.96. The summed E-state index contributed by atoms with van der Waals surface area (Å²) >= 11 is 0. The average molecular weight is 270 g/mol. The number of fused-ring (bicyclic) bond motifs is 1. The summed E-state index contributed by atoms with van der Waals surface area (Å²) in [6.07, 6.45) is 3.09. The molecule has 0 unspecified atom stereocenters. The lowest BCUT2D eigenvalue weighted by Gasteiger charge is -2.07. The summed E-state index contributed by atoms with van der Waals surface area (Å²) in [4.78, 5) is 14.8. The zero-order valence-corrected chi connectivity index (χ0v) is 10.3. The lowest BCUT2D eigenvalue weighted by molar-refractivity contribution is -0.383. The highest BCUT2D eigenvalue weighted by Crippen LogP contribution is 2.29. The molecule has 7 heteroatoms. The molecule has 0 fully saturated rings. The number of hydrogen-bond acceptors (Lipinski definition) is 6. The van der Waals surface area contributed by atoms with Crippen LogP contribution in [0.4, 0.5) is 11.4 Å². The number of hydrogen-bond donors (Lipinski definition) is 1. The van der Waals surface area contributed by atoms with Crippen LogP contribution in [0.1, 0.15) is 5.69 Å². The van der Waals surface area contributed by atoms with E-state index in [1.54, 1.807) is 30.5 Å². The Morgan fingerprint density at radius 3 is 2.95 bits per heavy atom. The van der Waals surface area contributed by atoms with Crippen molar-refractivity contribution in [3.05, 3.63) is 58.6 Å². The molecule has 0 bridgehead atoms. The summed E-state index contributed by atoms with van der Waals surface area (Å²) in [6, 6.07) is 8.22. The van der Waals surface area contributed by atoms with Gasteiger partial charge in [0.2, 0.25) is 0 Å². The van der Waals surface area contributed by atoms with Crippen molar-refractivity contribution in [2.45, 2.75) is 6.54 Å². The second-order valence-electron chi connectivity index (χ2n) is 4.13. The summed E-state index contributed by atoms with van der Waals surface area (Å²) in [7, 11) is 0. The molecule has 0 saturated heterocycles. The first kappa shape index (κ1) is 12.1. The Kier molecular flexibility index (Phi) is 3.00. The minimum absolute atomic E-state index is 0.0417. The van der Waals surface area contributed by atoms with Crippen molar-refractivity contribution in [1.82, 2.24) is 10.1 Å². The van der Waals surface area contributed by atoms with Crippen LogP contribution in [0.5, 0.6) is 0 Å². The Labute approximate surface area is 113 Å². The predicted molar refractivity (Wildman–Crippen MR) is 72.2 cm³/mol. The van der Waals surface area contributed by atoms with Crippen molar-refractivity contribution >= 4 is 22.3 Å². The van der Waals surface area contributed by atoms with Crippen molar-refractivity contribution in [1.29, 1.82) is 0 Å². The third-order valence-electron chi connectivity index (χ3n) is 2.89. The van der Waals surface area contributed by atoms with Gasteiger partial charge in [-0.3, -0.25) is 15.1 Å². The molecule has 20 heavy (non-hydrogen) atoms. The van der Waals surface area contributed by atoms with Crippen LogP contribution in [0.25, 0.3) is 10.9 Å². The van der Waals surface area contributed by atoms with Gasteiger partial charge in [-0.15, -0.1) is 0 Å². The number of pyridine rings is 1. The molecule has 0 aliphatic heterocycles. The standard InChI is InChI=1S/C13H10N4O3/c18-17(19)12-4-3-11(13-10(12)2-1-6-14-13)15-8-9-5-7-20-16-9/h1-7,15H,8H2. The van der Waals surface area contributed by atoms with E-state index < -0.39 is 4.92 Å². The van der Waals surface area contributed by atoms with Crippen LogP contribution in [0.2, 0.25) is 0 Å². The summed E-state index contributed by atoms with van der Waals surface area (Å²) in [6.45, 7) is 0.458. The van der Waals surface area contributed by atoms with Gasteiger partial charge in [0, 0.05) is 18.3 Å². The second-order valence-corrected chi connectivity index (χ2v) is 4.13. The van der Waals surface area contributed by atoms with Gasteiger partial charge in [-0.2, -0.15) is 0 Å². The molecule has 0 spiro atoms. The maximum absolute atomic E-state index is 11.0. The Balaban J connectivity index is 1.99. The molecule has 0 amide bonds. The first-order valence-electron chi connectivity index (χ1n) is 5.91. The van der Waals surface area contributed by atoms with Crippen LogP contribution in [0.3, 0.4) is 0 Å². The fourth-order valence-electron chi connectivity index (χ4n) is 1.97. The number of nitro groups is 1. The number of nitro benzene ring substituents is 1. The monoisotopic (exact) mass is 270 g/mol. The molecule has 3 rings (SSSR count). The van der Waals surface area contributed by atoms with E-state index in [4.69, 9.17) is 4.52 Å². The normalized spacial score (nSPS) is 10.6. The molecule has 100 valence electrons. The van der Waals surface area contributed by atoms with Crippen LogP contribution in [0, 0.1) is 10.1 Å². The fourth-order valence-corrected chi connectivity index (χ4v) is 1.97. The molecule has 1 aromatic carbocycles. The Morgan fingerprint density at radius 1 is 1.30 bits per heavy atom. The molecule has 0 aliphatic rings. The van der Waals surface area contributed by atoms with E-state index in [1.165, 1.54) is 12.3 Å². The Morgan fingerprint density at radius 2 is 2.20 bits per heavy atom. The smallest absolute Gasteiger partial charge is 0.278 e. The van der Waals surface area contributed by atoms with Crippen LogP contribution in [-0.4, -0.2) is 15.1 Å². The number of nitrogens with zero attached hydrogens (tertiary/aromatic N) is 3. The van der Waals surface area contributed by atoms with Crippen molar-refractivity contribution in [2.75, 3.05) is 5.32 Å². The second kappa shape index (κ2) is 4.96. The van der Waals surface area contributed by atoms with Gasteiger partial charge < -0.3 is 9.84 Å². The quantitative estimate of drug-likeness (QED) is 0.578. The molecule has 2 heterocycles. The summed E-state index contributed by atoms with van der Waals surface area (Å²) < 4.78 is 4.75. The summed E-state index contributed by atoms with van der Waals surface area (Å²) in [5, 5.41) is 18.4. The molecule has 1 N–H and O–H groups in total. The third kappa shape index (κ3) is 2.16. The average Bonchev–Trinajstić information content (AvgIpc) is 2.97. The van der Waals surface area contributed by atoms with Gasteiger partial charge in [0.25, 0.3) is 5.69 Å². The number of nitrogens with one attached hydrogen (secondary N) is 1. The number of rotatable bonds is 4. The van der Waals surface area contributed by atoms with Crippen molar-refractivity contribution in [3.8, 4) is 0 Å². The lowest BCUT2D eigenvalue weighted by atomic mass is 10.1. The van der Waals surface area contributed by atoms with E-state index in [1.807, 2.05) is 0 Å². The predicted octanol–water partition coefficient (Wildman–Crippen LogP) is 2.74. The van der Waals surface area contributed by atoms with Crippen LogP contribution in [0.15, 0.2) is 47.3 Å². The highest BCUT2D eigenvalue weighted by Gasteiger charge is 2.14. The molecule has 0 atom stereocenters. The molecule has 0 radical (unpaired) electrons. The van der Waals surface area contributed by atoms with Crippen molar-refractivity contribution < 1.29 is 9.45 Å². The summed E-state index contributed by atoms with van der Waals surface area (Å²) in [5.41, 5.74) is 2.06. The van der Waals surface area contributed by atoms with Crippen molar-refractivity contribution in [2.24, 2.45) is 0 Å². The minimum Gasteiger partial charge on any atom is -0.377 e. The van der Waals surface area contributed by atoms with E-state index in [0.717, 1.165) is 5.69 Å². The van der Waals surface area contributed by atoms with Gasteiger partial charge in [-0.05, 0) is 18.2 Å². The summed E-state index contributed by atoms with van der Waals surface area (Å²) in [5.74, 6) is 0. The van der Waals surface area contributed by atoms with Crippen LogP contribution in [-0.2, 0) is 6.54 Å². The van der Waals surface area contributed by atoms with E-state index in [9.17, 15) is 10.1 Å². The maximum atomic E-state index is 11.0. The van der Waals surface area contributed by atoms with E-state index in [2.05, 4.69) is 15.5 Å². The zero-order chi connectivity index (χ0) is 13.9.